The molecule has 1 rings (SSSR count). The summed E-state index contributed by atoms with van der Waals surface area (Å²) in [6.07, 6.45) is 1.43. The van der Waals surface area contributed by atoms with Gasteiger partial charge in [0, 0.05) is 11.3 Å². The quantitative estimate of drug-likeness (QED) is 0.688. The number of carboxylic acids is 1. The number of nitrogens with one attached hydrogen (secondary N) is 1. The van der Waals surface area contributed by atoms with Crippen molar-refractivity contribution in [2.45, 2.75) is 37.0 Å². The van der Waals surface area contributed by atoms with E-state index in [2.05, 4.69) is 4.72 Å². The van der Waals surface area contributed by atoms with Gasteiger partial charge in [-0.1, -0.05) is 37.9 Å². The highest BCUT2D eigenvalue weighted by Gasteiger charge is 2.31. The largest absolute Gasteiger partial charge is 0.480 e. The number of halogens is 1. The van der Waals surface area contributed by atoms with Crippen LogP contribution in [-0.2, 0) is 30.4 Å². The molecule has 0 aliphatic rings. The molecule has 0 spiro atoms. The molecule has 0 aromatic heterocycles. The molecule has 0 saturated heterocycles. The summed E-state index contributed by atoms with van der Waals surface area (Å²) in [6, 6.07) is 2.46. The second kappa shape index (κ2) is 7.81. The first-order valence-electron chi connectivity index (χ1n) is 7.08. The molecule has 0 fully saturated rings. The van der Waals surface area contributed by atoms with Crippen molar-refractivity contribution in [2.24, 2.45) is 5.92 Å². The van der Waals surface area contributed by atoms with Gasteiger partial charge < -0.3 is 5.11 Å². The van der Waals surface area contributed by atoms with Crippen molar-refractivity contribution < 1.29 is 26.7 Å². The Morgan fingerprint density at radius 1 is 1.29 bits per heavy atom. The fourth-order valence-electron chi connectivity index (χ4n) is 2.06. The lowest BCUT2D eigenvalue weighted by molar-refractivity contribution is -0.140. The Labute approximate surface area is 147 Å². The third-order valence-corrected chi connectivity index (χ3v) is 6.09. The van der Waals surface area contributed by atoms with Crippen molar-refractivity contribution in [3.63, 3.8) is 0 Å². The molecule has 0 radical (unpaired) electrons. The van der Waals surface area contributed by atoms with Crippen molar-refractivity contribution in [3.05, 3.63) is 28.8 Å². The van der Waals surface area contributed by atoms with Crippen LogP contribution in [0.5, 0.6) is 0 Å². The number of sulfonamides is 1. The predicted octanol–water partition coefficient (Wildman–Crippen LogP) is 1.66. The molecule has 1 aromatic rings. The van der Waals surface area contributed by atoms with E-state index in [-0.39, 0.29) is 15.5 Å². The number of carbonyl (C=O) groups is 1. The Kier molecular flexibility index (Phi) is 6.80. The van der Waals surface area contributed by atoms with Gasteiger partial charge in [0.2, 0.25) is 10.0 Å². The second-order valence-corrected chi connectivity index (χ2v) is 9.90. The van der Waals surface area contributed by atoms with Gasteiger partial charge in [-0.25, -0.2) is 16.8 Å². The molecule has 0 unspecified atom stereocenters. The summed E-state index contributed by atoms with van der Waals surface area (Å²) in [5.41, 5.74) is 0.0303. The van der Waals surface area contributed by atoms with Gasteiger partial charge >= 0.3 is 5.97 Å². The normalized spacial score (nSPS) is 15.0. The van der Waals surface area contributed by atoms with Crippen LogP contribution in [0.4, 0.5) is 0 Å². The Morgan fingerprint density at radius 3 is 2.33 bits per heavy atom. The van der Waals surface area contributed by atoms with Crippen molar-refractivity contribution in [1.29, 1.82) is 0 Å². The number of sulfone groups is 1. The molecule has 0 aliphatic carbocycles. The molecule has 24 heavy (non-hydrogen) atoms. The first kappa shape index (κ1) is 20.9. The van der Waals surface area contributed by atoms with Crippen LogP contribution in [0.25, 0.3) is 0 Å². The van der Waals surface area contributed by atoms with Crippen LogP contribution in [0.15, 0.2) is 23.1 Å². The zero-order valence-electron chi connectivity index (χ0n) is 13.5. The van der Waals surface area contributed by atoms with E-state index in [4.69, 9.17) is 11.6 Å². The molecule has 7 nitrogen and oxygen atoms in total. The highest BCUT2D eigenvalue weighted by Crippen LogP contribution is 2.23. The minimum Gasteiger partial charge on any atom is -0.480 e. The van der Waals surface area contributed by atoms with Crippen LogP contribution in [0.3, 0.4) is 0 Å². The van der Waals surface area contributed by atoms with E-state index in [1.807, 2.05) is 0 Å². The summed E-state index contributed by atoms with van der Waals surface area (Å²) >= 11 is 5.83. The number of rotatable bonds is 8. The Balaban J connectivity index is 3.36. The number of hydrogen-bond acceptors (Lipinski definition) is 5. The Hall–Kier alpha value is -1.16. The average Bonchev–Trinajstić information content (AvgIpc) is 2.44. The highest BCUT2D eigenvalue weighted by molar-refractivity contribution is 7.90. The van der Waals surface area contributed by atoms with Crippen molar-refractivity contribution >= 4 is 37.4 Å². The number of aliphatic carboxylic acids is 1. The summed E-state index contributed by atoms with van der Waals surface area (Å²) in [4.78, 5) is 11.0. The van der Waals surface area contributed by atoms with Gasteiger partial charge in [0.15, 0.2) is 9.84 Å². The first-order valence-corrected chi connectivity index (χ1v) is 11.0. The molecule has 0 saturated carbocycles. The minimum absolute atomic E-state index is 0.0303. The summed E-state index contributed by atoms with van der Waals surface area (Å²) in [5, 5.41) is 9.35. The van der Waals surface area contributed by atoms with Gasteiger partial charge in [0.1, 0.15) is 6.04 Å². The van der Waals surface area contributed by atoms with Gasteiger partial charge in [-0.3, -0.25) is 4.79 Å². The third-order valence-electron chi connectivity index (χ3n) is 3.50. The van der Waals surface area contributed by atoms with Crippen molar-refractivity contribution in [3.8, 4) is 0 Å². The zero-order valence-corrected chi connectivity index (χ0v) is 15.9. The molecule has 0 bridgehead atoms. The lowest BCUT2D eigenvalue weighted by Gasteiger charge is -2.21. The summed E-state index contributed by atoms with van der Waals surface area (Å²) in [6.45, 7) is 3.35. The monoisotopic (exact) mass is 397 g/mol. The zero-order chi connectivity index (χ0) is 18.7. The maximum absolute atomic E-state index is 12.6. The number of hydrogen-bond donors (Lipinski definition) is 2. The molecule has 10 heteroatoms. The minimum atomic E-state index is -4.26. The predicted molar refractivity (Wildman–Crippen MR) is 91.2 cm³/mol. The summed E-state index contributed by atoms with van der Waals surface area (Å²) in [5.74, 6) is -2.25. The first-order chi connectivity index (χ1) is 10.9. The van der Waals surface area contributed by atoms with Crippen molar-refractivity contribution in [1.82, 2.24) is 4.72 Å². The van der Waals surface area contributed by atoms with Gasteiger partial charge in [0.05, 0.1) is 10.6 Å². The topological polar surface area (TPSA) is 118 Å². The van der Waals surface area contributed by atoms with Crippen LogP contribution in [0, 0.1) is 5.92 Å². The summed E-state index contributed by atoms with van der Waals surface area (Å²) in [7, 11) is -7.76. The van der Waals surface area contributed by atoms with Crippen LogP contribution < -0.4 is 4.72 Å². The number of benzene rings is 1. The third kappa shape index (κ3) is 5.73. The van der Waals surface area contributed by atoms with Gasteiger partial charge in [-0.2, -0.15) is 4.72 Å². The average molecular weight is 398 g/mol. The van der Waals surface area contributed by atoms with Crippen molar-refractivity contribution in [2.75, 3.05) is 6.26 Å². The SMILES string of the molecule is CC[C@H](C)[C@H](NS(=O)(=O)c1cc(Cl)ccc1CS(C)(=O)=O)C(=O)O. The highest BCUT2D eigenvalue weighted by atomic mass is 35.5. The fourth-order valence-corrected chi connectivity index (χ4v) is 4.76. The molecule has 0 amide bonds. The van der Waals surface area contributed by atoms with E-state index in [9.17, 15) is 26.7 Å². The van der Waals surface area contributed by atoms with E-state index in [0.29, 0.717) is 6.42 Å². The molecule has 1 aromatic carbocycles. The molecule has 2 atom stereocenters. The van der Waals surface area contributed by atoms with Crippen LogP contribution in [-0.4, -0.2) is 40.2 Å². The van der Waals surface area contributed by atoms with Crippen LogP contribution >= 0.6 is 11.6 Å². The lowest BCUT2D eigenvalue weighted by Crippen LogP contribution is -2.45. The van der Waals surface area contributed by atoms with E-state index in [1.165, 1.54) is 12.1 Å². The van der Waals surface area contributed by atoms with Gasteiger partial charge in [-0.05, 0) is 23.6 Å². The Morgan fingerprint density at radius 2 is 1.88 bits per heavy atom. The molecular weight excluding hydrogens is 378 g/mol. The molecule has 136 valence electrons. The van der Waals surface area contributed by atoms with Crippen LogP contribution in [0.2, 0.25) is 5.02 Å². The summed E-state index contributed by atoms with van der Waals surface area (Å²) < 4.78 is 50.3. The lowest BCUT2D eigenvalue weighted by atomic mass is 10.0. The Bertz CT molecular complexity index is 820. The fraction of sp³-hybridized carbons (Fsp3) is 0.500. The molecular formula is C14H20ClNO6S2. The molecule has 2 N–H and O–H groups in total. The smallest absolute Gasteiger partial charge is 0.322 e. The van der Waals surface area contributed by atoms with E-state index >= 15 is 0 Å². The van der Waals surface area contributed by atoms with E-state index in [1.54, 1.807) is 13.8 Å². The maximum atomic E-state index is 12.6. The van der Waals surface area contributed by atoms with E-state index < -0.39 is 43.5 Å². The van der Waals surface area contributed by atoms with Crippen LogP contribution in [0.1, 0.15) is 25.8 Å². The molecule has 0 aliphatic heterocycles. The van der Waals surface area contributed by atoms with Gasteiger partial charge in [0.25, 0.3) is 0 Å². The van der Waals surface area contributed by atoms with Gasteiger partial charge in [-0.15, -0.1) is 0 Å². The second-order valence-electron chi connectivity index (χ2n) is 5.64. The number of carboxylic acid groups (broad SMARTS) is 1. The molecule has 0 heterocycles. The maximum Gasteiger partial charge on any atom is 0.322 e. The standard InChI is InChI=1S/C14H20ClNO6S2/c1-4-9(2)13(14(17)18)16-24(21,22)12-7-11(15)6-5-10(12)8-23(3,19)20/h5-7,9,13,16H,4,8H2,1-3H3,(H,17,18)/t9-,13-/m0/s1. The van der Waals surface area contributed by atoms with E-state index in [0.717, 1.165) is 12.3 Å².